The summed E-state index contributed by atoms with van der Waals surface area (Å²) < 4.78 is 24.2. The molecule has 0 bridgehead atoms. The summed E-state index contributed by atoms with van der Waals surface area (Å²) in [6, 6.07) is 2.93. The summed E-state index contributed by atoms with van der Waals surface area (Å²) in [6.07, 6.45) is 2.31. The highest BCUT2D eigenvalue weighted by atomic mass is 19.1. The molecule has 0 spiro atoms. The van der Waals surface area contributed by atoms with Crippen molar-refractivity contribution >= 4 is 5.91 Å². The number of amides is 1. The number of likely N-dealkylation sites (tertiary alicyclic amines) is 1. The van der Waals surface area contributed by atoms with Gasteiger partial charge in [-0.05, 0) is 12.5 Å². The fraction of sp³-hybridized carbons (Fsp3) is 0.625. The van der Waals surface area contributed by atoms with Gasteiger partial charge < -0.3 is 14.4 Å². The molecule has 0 aromatic carbocycles. The number of hydrogen-bond donors (Lipinski definition) is 0. The number of pyridine rings is 1. The molecule has 1 aromatic heterocycles. The molecule has 1 amide bonds. The van der Waals surface area contributed by atoms with E-state index in [0.29, 0.717) is 25.3 Å². The third kappa shape index (κ3) is 3.68. The van der Waals surface area contributed by atoms with Crippen molar-refractivity contribution in [3.63, 3.8) is 0 Å². The molecule has 1 aromatic rings. The van der Waals surface area contributed by atoms with E-state index in [-0.39, 0.29) is 18.1 Å². The number of nitrogens with zero attached hydrogens (tertiary/aromatic N) is 3. The van der Waals surface area contributed by atoms with E-state index in [2.05, 4.69) is 9.88 Å². The summed E-state index contributed by atoms with van der Waals surface area (Å²) in [5.74, 6) is -0.800. The SMILES string of the molecule is COCCCN1CCO[C@H]2CN(C(=O)c3ccnc(F)c3)C[C@@H]21. The summed E-state index contributed by atoms with van der Waals surface area (Å²) in [6.45, 7) is 4.38. The minimum absolute atomic E-state index is 0.0296. The van der Waals surface area contributed by atoms with Crippen LogP contribution in [0.25, 0.3) is 0 Å². The average molecular weight is 323 g/mol. The largest absolute Gasteiger partial charge is 0.385 e. The third-order valence-electron chi connectivity index (χ3n) is 4.47. The fourth-order valence-electron chi connectivity index (χ4n) is 3.33. The van der Waals surface area contributed by atoms with E-state index in [1.165, 1.54) is 12.3 Å². The Bertz CT molecular complexity index is 557. The molecule has 2 aliphatic rings. The fourth-order valence-corrected chi connectivity index (χ4v) is 3.33. The van der Waals surface area contributed by atoms with Crippen LogP contribution >= 0.6 is 0 Å². The normalized spacial score (nSPS) is 24.7. The Morgan fingerprint density at radius 2 is 2.39 bits per heavy atom. The standard InChI is InChI=1S/C16H22FN3O3/c1-22-7-2-5-19-6-8-23-14-11-20(10-13(14)19)16(21)12-3-4-18-15(17)9-12/h3-4,9,13-14H,2,5-8,10-11H2,1H3/t13-,14-/m0/s1. The van der Waals surface area contributed by atoms with Crippen molar-refractivity contribution in [1.29, 1.82) is 0 Å². The highest BCUT2D eigenvalue weighted by Gasteiger charge is 2.41. The van der Waals surface area contributed by atoms with Gasteiger partial charge in [-0.2, -0.15) is 4.39 Å². The number of halogens is 1. The molecule has 3 rings (SSSR count). The van der Waals surface area contributed by atoms with Gasteiger partial charge in [0.1, 0.15) is 0 Å². The minimum Gasteiger partial charge on any atom is -0.385 e. The molecule has 0 N–H and O–H groups in total. The van der Waals surface area contributed by atoms with Crippen LogP contribution in [0.2, 0.25) is 0 Å². The molecule has 0 unspecified atom stereocenters. The number of methoxy groups -OCH3 is 1. The first kappa shape index (κ1) is 16.3. The van der Waals surface area contributed by atoms with Crippen LogP contribution < -0.4 is 0 Å². The van der Waals surface area contributed by atoms with Gasteiger partial charge in [0.15, 0.2) is 0 Å². The molecule has 0 radical (unpaired) electrons. The lowest BCUT2D eigenvalue weighted by Crippen LogP contribution is -2.51. The summed E-state index contributed by atoms with van der Waals surface area (Å²) in [7, 11) is 1.70. The molecule has 6 nitrogen and oxygen atoms in total. The minimum atomic E-state index is -0.634. The Hall–Kier alpha value is -1.57. The number of morpholine rings is 1. The number of hydrogen-bond acceptors (Lipinski definition) is 5. The zero-order chi connectivity index (χ0) is 16.2. The van der Waals surface area contributed by atoms with Crippen molar-refractivity contribution in [2.45, 2.75) is 18.6 Å². The molecule has 2 aliphatic heterocycles. The van der Waals surface area contributed by atoms with E-state index >= 15 is 0 Å². The predicted molar refractivity (Wildman–Crippen MR) is 81.7 cm³/mol. The average Bonchev–Trinajstić information content (AvgIpc) is 2.99. The van der Waals surface area contributed by atoms with Crippen LogP contribution in [0.3, 0.4) is 0 Å². The molecular formula is C16H22FN3O3. The predicted octanol–water partition coefficient (Wildman–Crippen LogP) is 0.782. The van der Waals surface area contributed by atoms with Crippen LogP contribution in [0.4, 0.5) is 4.39 Å². The van der Waals surface area contributed by atoms with Gasteiger partial charge in [-0.25, -0.2) is 4.98 Å². The van der Waals surface area contributed by atoms with Gasteiger partial charge in [0.05, 0.1) is 18.8 Å². The van der Waals surface area contributed by atoms with Crippen LogP contribution in [-0.2, 0) is 9.47 Å². The van der Waals surface area contributed by atoms with Crippen LogP contribution in [0.15, 0.2) is 18.3 Å². The molecule has 3 heterocycles. The number of rotatable bonds is 5. The summed E-state index contributed by atoms with van der Waals surface area (Å²) in [4.78, 5) is 20.2. The van der Waals surface area contributed by atoms with Gasteiger partial charge in [0.25, 0.3) is 5.91 Å². The molecular weight excluding hydrogens is 301 g/mol. The Morgan fingerprint density at radius 1 is 1.52 bits per heavy atom. The van der Waals surface area contributed by atoms with Crippen LogP contribution in [0.1, 0.15) is 16.8 Å². The first-order valence-electron chi connectivity index (χ1n) is 7.94. The number of fused-ring (bicyclic) bond motifs is 1. The summed E-state index contributed by atoms with van der Waals surface area (Å²) in [5, 5.41) is 0. The van der Waals surface area contributed by atoms with Gasteiger partial charge in [0.2, 0.25) is 5.95 Å². The van der Waals surface area contributed by atoms with Crippen LogP contribution in [0.5, 0.6) is 0 Å². The quantitative estimate of drug-likeness (QED) is 0.592. The van der Waals surface area contributed by atoms with E-state index in [0.717, 1.165) is 26.1 Å². The maximum absolute atomic E-state index is 13.2. The van der Waals surface area contributed by atoms with Gasteiger partial charge in [-0.3, -0.25) is 9.69 Å². The molecule has 2 atom stereocenters. The van der Waals surface area contributed by atoms with Crippen molar-refractivity contribution in [2.24, 2.45) is 0 Å². The number of ether oxygens (including phenoxy) is 2. The molecule has 23 heavy (non-hydrogen) atoms. The Kier molecular flexibility index (Phi) is 5.20. The summed E-state index contributed by atoms with van der Waals surface area (Å²) in [5.41, 5.74) is 0.335. The number of aromatic nitrogens is 1. The zero-order valence-electron chi connectivity index (χ0n) is 13.3. The van der Waals surface area contributed by atoms with Crippen molar-refractivity contribution in [2.75, 3.05) is 46.5 Å². The van der Waals surface area contributed by atoms with E-state index in [9.17, 15) is 9.18 Å². The second-order valence-electron chi connectivity index (χ2n) is 5.94. The molecule has 0 saturated carbocycles. The van der Waals surface area contributed by atoms with Gasteiger partial charge >= 0.3 is 0 Å². The van der Waals surface area contributed by atoms with Crippen LogP contribution in [0, 0.1) is 5.95 Å². The van der Waals surface area contributed by atoms with E-state index in [1.54, 1.807) is 18.1 Å². The topological polar surface area (TPSA) is 54.9 Å². The smallest absolute Gasteiger partial charge is 0.254 e. The van der Waals surface area contributed by atoms with Crippen LogP contribution in [-0.4, -0.2) is 79.3 Å². The lowest BCUT2D eigenvalue weighted by atomic mass is 10.1. The van der Waals surface area contributed by atoms with Crippen molar-refractivity contribution in [1.82, 2.24) is 14.8 Å². The first-order valence-corrected chi connectivity index (χ1v) is 7.94. The highest BCUT2D eigenvalue weighted by molar-refractivity contribution is 5.94. The summed E-state index contributed by atoms with van der Waals surface area (Å²) >= 11 is 0. The monoisotopic (exact) mass is 323 g/mol. The van der Waals surface area contributed by atoms with Crippen molar-refractivity contribution < 1.29 is 18.7 Å². The van der Waals surface area contributed by atoms with Gasteiger partial charge in [0, 0.05) is 57.7 Å². The van der Waals surface area contributed by atoms with E-state index < -0.39 is 5.95 Å². The lowest BCUT2D eigenvalue weighted by Gasteiger charge is -2.36. The Morgan fingerprint density at radius 3 is 3.17 bits per heavy atom. The van der Waals surface area contributed by atoms with Crippen molar-refractivity contribution in [3.05, 3.63) is 29.8 Å². The molecule has 7 heteroatoms. The number of carbonyl (C=O) groups excluding carboxylic acids is 1. The third-order valence-corrected chi connectivity index (χ3v) is 4.47. The maximum Gasteiger partial charge on any atom is 0.254 e. The second kappa shape index (κ2) is 7.33. The second-order valence-corrected chi connectivity index (χ2v) is 5.94. The Labute approximate surface area is 135 Å². The molecule has 2 saturated heterocycles. The molecule has 2 fully saturated rings. The van der Waals surface area contributed by atoms with Gasteiger partial charge in [-0.1, -0.05) is 0 Å². The highest BCUT2D eigenvalue weighted by Crippen LogP contribution is 2.24. The maximum atomic E-state index is 13.2. The van der Waals surface area contributed by atoms with E-state index in [1.807, 2.05) is 0 Å². The lowest BCUT2D eigenvalue weighted by molar-refractivity contribution is -0.0487. The zero-order valence-corrected chi connectivity index (χ0v) is 13.3. The Balaban J connectivity index is 1.65. The van der Waals surface area contributed by atoms with Crippen molar-refractivity contribution in [3.8, 4) is 0 Å². The molecule has 0 aliphatic carbocycles. The molecule has 126 valence electrons. The first-order chi connectivity index (χ1) is 11.2. The van der Waals surface area contributed by atoms with E-state index in [4.69, 9.17) is 9.47 Å². The number of carbonyl (C=O) groups is 1. The van der Waals surface area contributed by atoms with Gasteiger partial charge in [-0.15, -0.1) is 0 Å².